The van der Waals surface area contributed by atoms with Crippen LogP contribution in [0.4, 0.5) is 5.69 Å². The highest BCUT2D eigenvalue weighted by Gasteiger charge is 2.06. The molecule has 0 saturated heterocycles. The maximum absolute atomic E-state index is 11.9. The molecule has 4 nitrogen and oxygen atoms in total. The third-order valence-electron chi connectivity index (χ3n) is 3.41. The molecular formula is C20H21NO3. The normalized spacial score (nSPS) is 10.0. The van der Waals surface area contributed by atoms with E-state index in [1.807, 2.05) is 54.6 Å². The standard InChI is InChI=1S/C20H21NO3/c1-15(2)20(23)24-14-6-9-19(22)21-18-12-10-17(11-13-18)16-7-4-3-5-8-16/h3-5,7-8,10-13H,1,6,9,14H2,2H3,(H,21,22). The molecule has 0 bridgehead atoms. The molecule has 0 heterocycles. The number of amides is 1. The molecular weight excluding hydrogens is 302 g/mol. The monoisotopic (exact) mass is 323 g/mol. The maximum Gasteiger partial charge on any atom is 0.333 e. The van der Waals surface area contributed by atoms with Gasteiger partial charge in [0.1, 0.15) is 0 Å². The lowest BCUT2D eigenvalue weighted by molar-refractivity contribution is -0.139. The first-order valence-corrected chi connectivity index (χ1v) is 7.84. The highest BCUT2D eigenvalue weighted by atomic mass is 16.5. The van der Waals surface area contributed by atoms with Gasteiger partial charge in [0.25, 0.3) is 0 Å². The number of ether oxygens (including phenoxy) is 1. The largest absolute Gasteiger partial charge is 0.462 e. The van der Waals surface area contributed by atoms with Crippen LogP contribution in [0, 0.1) is 0 Å². The van der Waals surface area contributed by atoms with Crippen molar-refractivity contribution in [3.63, 3.8) is 0 Å². The summed E-state index contributed by atoms with van der Waals surface area (Å²) in [5, 5.41) is 2.83. The molecule has 0 unspecified atom stereocenters. The van der Waals surface area contributed by atoms with E-state index in [9.17, 15) is 9.59 Å². The van der Waals surface area contributed by atoms with Crippen molar-refractivity contribution in [1.82, 2.24) is 0 Å². The predicted molar refractivity (Wildman–Crippen MR) is 95.5 cm³/mol. The van der Waals surface area contributed by atoms with Gasteiger partial charge < -0.3 is 10.1 Å². The first kappa shape index (κ1) is 17.5. The maximum atomic E-state index is 11.9. The Kier molecular flexibility index (Phi) is 6.32. The average molecular weight is 323 g/mol. The van der Waals surface area contributed by atoms with Crippen LogP contribution in [0.15, 0.2) is 66.7 Å². The van der Waals surface area contributed by atoms with Crippen LogP contribution >= 0.6 is 0 Å². The SMILES string of the molecule is C=C(C)C(=O)OCCCC(=O)Nc1ccc(-c2ccccc2)cc1. The zero-order chi connectivity index (χ0) is 17.4. The molecule has 0 radical (unpaired) electrons. The number of carbonyl (C=O) groups is 2. The van der Waals surface area contributed by atoms with Crippen LogP contribution in [-0.4, -0.2) is 18.5 Å². The molecule has 2 aromatic carbocycles. The first-order chi connectivity index (χ1) is 11.6. The Morgan fingerprint density at radius 2 is 1.62 bits per heavy atom. The zero-order valence-corrected chi connectivity index (χ0v) is 13.7. The van der Waals surface area contributed by atoms with Crippen molar-refractivity contribution in [1.29, 1.82) is 0 Å². The van der Waals surface area contributed by atoms with Gasteiger partial charge in [0, 0.05) is 17.7 Å². The Bertz CT molecular complexity index is 705. The molecule has 2 rings (SSSR count). The summed E-state index contributed by atoms with van der Waals surface area (Å²) in [5.41, 5.74) is 3.34. The molecule has 0 aliphatic carbocycles. The lowest BCUT2D eigenvalue weighted by Crippen LogP contribution is -2.13. The number of carbonyl (C=O) groups excluding carboxylic acids is 2. The van der Waals surface area contributed by atoms with Gasteiger partial charge in [-0.05, 0) is 36.6 Å². The Morgan fingerprint density at radius 3 is 2.25 bits per heavy atom. The van der Waals surface area contributed by atoms with E-state index in [1.165, 1.54) is 0 Å². The molecule has 0 spiro atoms. The highest BCUT2D eigenvalue weighted by Crippen LogP contribution is 2.21. The summed E-state index contributed by atoms with van der Waals surface area (Å²) in [5.74, 6) is -0.527. The van der Waals surface area contributed by atoms with Crippen LogP contribution in [0.25, 0.3) is 11.1 Å². The van der Waals surface area contributed by atoms with Gasteiger partial charge in [0.05, 0.1) is 6.61 Å². The summed E-state index contributed by atoms with van der Waals surface area (Å²) in [7, 11) is 0. The fourth-order valence-corrected chi connectivity index (χ4v) is 2.12. The van der Waals surface area contributed by atoms with Gasteiger partial charge in [0.2, 0.25) is 5.91 Å². The molecule has 4 heteroatoms. The van der Waals surface area contributed by atoms with E-state index >= 15 is 0 Å². The number of benzene rings is 2. The van der Waals surface area contributed by atoms with Gasteiger partial charge in [-0.25, -0.2) is 4.79 Å². The van der Waals surface area contributed by atoms with Gasteiger partial charge in [-0.15, -0.1) is 0 Å². The van der Waals surface area contributed by atoms with Crippen molar-refractivity contribution in [2.45, 2.75) is 19.8 Å². The first-order valence-electron chi connectivity index (χ1n) is 7.84. The van der Waals surface area contributed by atoms with Crippen molar-refractivity contribution in [2.75, 3.05) is 11.9 Å². The molecule has 0 fully saturated rings. The van der Waals surface area contributed by atoms with E-state index in [-0.39, 0.29) is 12.5 Å². The second kappa shape index (κ2) is 8.67. The summed E-state index contributed by atoms with van der Waals surface area (Å²) >= 11 is 0. The molecule has 1 N–H and O–H groups in total. The lowest BCUT2D eigenvalue weighted by Gasteiger charge is -2.07. The fraction of sp³-hybridized carbons (Fsp3) is 0.200. The Balaban J connectivity index is 1.78. The van der Waals surface area contributed by atoms with Gasteiger partial charge in [-0.3, -0.25) is 4.79 Å². The molecule has 0 aliphatic rings. The van der Waals surface area contributed by atoms with Gasteiger partial charge in [-0.1, -0.05) is 49.0 Å². The molecule has 0 aliphatic heterocycles. The molecule has 1 amide bonds. The van der Waals surface area contributed by atoms with E-state index < -0.39 is 5.97 Å². The van der Waals surface area contributed by atoms with Gasteiger partial charge in [0.15, 0.2) is 0 Å². The third-order valence-corrected chi connectivity index (χ3v) is 3.41. The van der Waals surface area contributed by atoms with E-state index in [1.54, 1.807) is 6.92 Å². The van der Waals surface area contributed by atoms with Crippen molar-refractivity contribution in [2.24, 2.45) is 0 Å². The molecule has 124 valence electrons. The van der Waals surface area contributed by atoms with Crippen molar-refractivity contribution in [3.8, 4) is 11.1 Å². The van der Waals surface area contributed by atoms with E-state index in [2.05, 4.69) is 11.9 Å². The Hall–Kier alpha value is -2.88. The van der Waals surface area contributed by atoms with Crippen LogP contribution in [0.2, 0.25) is 0 Å². The van der Waals surface area contributed by atoms with Crippen LogP contribution in [0.1, 0.15) is 19.8 Å². The van der Waals surface area contributed by atoms with E-state index in [0.29, 0.717) is 18.4 Å². The second-order valence-electron chi connectivity index (χ2n) is 5.51. The van der Waals surface area contributed by atoms with E-state index in [0.717, 1.165) is 16.8 Å². The number of hydrogen-bond acceptors (Lipinski definition) is 3. The molecule has 24 heavy (non-hydrogen) atoms. The number of rotatable bonds is 7. The van der Waals surface area contributed by atoms with Crippen molar-refractivity contribution < 1.29 is 14.3 Å². The molecule has 0 aromatic heterocycles. The summed E-state index contributed by atoms with van der Waals surface area (Å²) in [6.45, 7) is 5.31. The smallest absolute Gasteiger partial charge is 0.333 e. The van der Waals surface area contributed by atoms with Crippen LogP contribution in [0.5, 0.6) is 0 Å². The van der Waals surface area contributed by atoms with Gasteiger partial charge >= 0.3 is 5.97 Å². The number of anilines is 1. The Labute approximate surface area is 142 Å². The third kappa shape index (κ3) is 5.39. The molecule has 0 saturated carbocycles. The quantitative estimate of drug-likeness (QED) is 0.472. The van der Waals surface area contributed by atoms with Crippen LogP contribution < -0.4 is 5.32 Å². The van der Waals surface area contributed by atoms with Crippen LogP contribution in [0.3, 0.4) is 0 Å². The lowest BCUT2D eigenvalue weighted by atomic mass is 10.1. The van der Waals surface area contributed by atoms with Crippen molar-refractivity contribution in [3.05, 3.63) is 66.7 Å². The second-order valence-corrected chi connectivity index (χ2v) is 5.51. The van der Waals surface area contributed by atoms with E-state index in [4.69, 9.17) is 4.74 Å². The molecule has 0 atom stereocenters. The number of esters is 1. The number of hydrogen-bond donors (Lipinski definition) is 1. The minimum absolute atomic E-state index is 0.103. The number of nitrogens with one attached hydrogen (secondary N) is 1. The summed E-state index contributed by atoms with van der Waals surface area (Å²) in [4.78, 5) is 23.1. The predicted octanol–water partition coefficient (Wildman–Crippen LogP) is 4.19. The Morgan fingerprint density at radius 1 is 1.00 bits per heavy atom. The minimum atomic E-state index is -0.424. The van der Waals surface area contributed by atoms with Crippen molar-refractivity contribution >= 4 is 17.6 Å². The summed E-state index contributed by atoms with van der Waals surface area (Å²) in [6, 6.07) is 17.7. The highest BCUT2D eigenvalue weighted by molar-refractivity contribution is 5.91. The summed E-state index contributed by atoms with van der Waals surface area (Å²) in [6.07, 6.45) is 0.775. The van der Waals surface area contributed by atoms with Gasteiger partial charge in [-0.2, -0.15) is 0 Å². The average Bonchev–Trinajstić information content (AvgIpc) is 2.60. The topological polar surface area (TPSA) is 55.4 Å². The zero-order valence-electron chi connectivity index (χ0n) is 13.7. The molecule has 2 aromatic rings. The minimum Gasteiger partial charge on any atom is -0.462 e. The fourth-order valence-electron chi connectivity index (χ4n) is 2.12. The summed E-state index contributed by atoms with van der Waals surface area (Å²) < 4.78 is 4.95. The van der Waals surface area contributed by atoms with Crippen LogP contribution in [-0.2, 0) is 14.3 Å².